The van der Waals surface area contributed by atoms with Crippen LogP contribution in [0.5, 0.6) is 0 Å². The molecule has 0 fully saturated rings. The molecular formula is C13H21N5O. The van der Waals surface area contributed by atoms with E-state index >= 15 is 0 Å². The Morgan fingerprint density at radius 1 is 1.47 bits per heavy atom. The summed E-state index contributed by atoms with van der Waals surface area (Å²) in [6.45, 7) is 4.33. The molecule has 2 rings (SSSR count). The molecule has 0 spiro atoms. The molecule has 1 atom stereocenters. The van der Waals surface area contributed by atoms with Crippen LogP contribution in [0.3, 0.4) is 0 Å². The second kappa shape index (κ2) is 5.44. The first-order valence-corrected chi connectivity index (χ1v) is 6.53. The lowest BCUT2D eigenvalue weighted by molar-refractivity contribution is 0.0636. The highest BCUT2D eigenvalue weighted by Gasteiger charge is 2.19. The Balaban J connectivity index is 2.22. The fourth-order valence-corrected chi connectivity index (χ4v) is 2.07. The SMILES string of the molecule is CCCC(C)(O)CNc1nc(NC)cn2ccnc12. The number of nitrogens with one attached hydrogen (secondary N) is 2. The predicted octanol–water partition coefficient (Wildman–Crippen LogP) is 1.73. The average Bonchev–Trinajstić information content (AvgIpc) is 2.83. The van der Waals surface area contributed by atoms with Crippen molar-refractivity contribution in [1.82, 2.24) is 14.4 Å². The molecule has 104 valence electrons. The van der Waals surface area contributed by atoms with Gasteiger partial charge in [0.15, 0.2) is 11.5 Å². The molecule has 0 aromatic carbocycles. The van der Waals surface area contributed by atoms with Crippen LogP contribution in [-0.4, -0.2) is 38.7 Å². The van der Waals surface area contributed by atoms with Gasteiger partial charge in [-0.1, -0.05) is 13.3 Å². The average molecular weight is 263 g/mol. The molecule has 19 heavy (non-hydrogen) atoms. The van der Waals surface area contributed by atoms with Crippen molar-refractivity contribution in [1.29, 1.82) is 0 Å². The van der Waals surface area contributed by atoms with Gasteiger partial charge < -0.3 is 20.1 Å². The normalized spacial score (nSPS) is 14.3. The molecule has 1 unspecified atom stereocenters. The molecule has 0 bridgehead atoms. The van der Waals surface area contributed by atoms with Gasteiger partial charge in [-0.2, -0.15) is 0 Å². The number of hydrogen-bond donors (Lipinski definition) is 3. The van der Waals surface area contributed by atoms with E-state index in [2.05, 4.69) is 27.5 Å². The van der Waals surface area contributed by atoms with Gasteiger partial charge in [0, 0.05) is 26.0 Å². The minimum atomic E-state index is -0.740. The van der Waals surface area contributed by atoms with Crippen LogP contribution in [0.4, 0.5) is 11.6 Å². The van der Waals surface area contributed by atoms with Crippen molar-refractivity contribution < 1.29 is 5.11 Å². The Bertz CT molecular complexity index is 549. The molecule has 2 heterocycles. The number of aliphatic hydroxyl groups is 1. The molecular weight excluding hydrogens is 242 g/mol. The third kappa shape index (κ3) is 3.14. The molecule has 2 aromatic rings. The Labute approximate surface area is 112 Å². The van der Waals surface area contributed by atoms with Crippen molar-refractivity contribution in [2.24, 2.45) is 0 Å². The fraction of sp³-hybridized carbons (Fsp3) is 0.538. The van der Waals surface area contributed by atoms with Crippen molar-refractivity contribution in [3.05, 3.63) is 18.6 Å². The smallest absolute Gasteiger partial charge is 0.180 e. The number of hydrogen-bond acceptors (Lipinski definition) is 5. The predicted molar refractivity (Wildman–Crippen MR) is 76.6 cm³/mol. The molecule has 0 aliphatic carbocycles. The van der Waals surface area contributed by atoms with Crippen LogP contribution < -0.4 is 10.6 Å². The third-order valence-corrected chi connectivity index (χ3v) is 3.06. The molecule has 6 heteroatoms. The van der Waals surface area contributed by atoms with Crippen molar-refractivity contribution in [2.75, 3.05) is 24.2 Å². The number of nitrogens with zero attached hydrogens (tertiary/aromatic N) is 3. The number of aromatic nitrogens is 3. The van der Waals surface area contributed by atoms with Gasteiger partial charge in [0.25, 0.3) is 0 Å². The van der Waals surface area contributed by atoms with Gasteiger partial charge in [-0.25, -0.2) is 9.97 Å². The Kier molecular flexibility index (Phi) is 3.90. The van der Waals surface area contributed by atoms with E-state index in [1.54, 1.807) is 6.20 Å². The summed E-state index contributed by atoms with van der Waals surface area (Å²) in [6, 6.07) is 0. The van der Waals surface area contributed by atoms with Gasteiger partial charge in [0.2, 0.25) is 0 Å². The van der Waals surface area contributed by atoms with E-state index < -0.39 is 5.60 Å². The van der Waals surface area contributed by atoms with Crippen LogP contribution in [0.25, 0.3) is 5.65 Å². The van der Waals surface area contributed by atoms with Crippen molar-refractivity contribution in [3.63, 3.8) is 0 Å². The van der Waals surface area contributed by atoms with Crippen LogP contribution in [0.1, 0.15) is 26.7 Å². The molecule has 0 saturated heterocycles. The van der Waals surface area contributed by atoms with Gasteiger partial charge in [0.05, 0.1) is 11.8 Å². The monoisotopic (exact) mass is 263 g/mol. The van der Waals surface area contributed by atoms with Crippen molar-refractivity contribution >= 4 is 17.3 Å². The maximum absolute atomic E-state index is 10.2. The molecule has 0 radical (unpaired) electrons. The van der Waals surface area contributed by atoms with E-state index in [-0.39, 0.29) is 0 Å². The maximum atomic E-state index is 10.2. The summed E-state index contributed by atoms with van der Waals surface area (Å²) in [4.78, 5) is 8.71. The highest BCUT2D eigenvalue weighted by atomic mass is 16.3. The second-order valence-electron chi connectivity index (χ2n) is 4.98. The molecule has 0 saturated carbocycles. The zero-order chi connectivity index (χ0) is 13.9. The Morgan fingerprint density at radius 3 is 2.95 bits per heavy atom. The molecule has 0 amide bonds. The van der Waals surface area contributed by atoms with Gasteiger partial charge in [-0.3, -0.25) is 0 Å². The largest absolute Gasteiger partial charge is 0.388 e. The first-order valence-electron chi connectivity index (χ1n) is 6.53. The minimum absolute atomic E-state index is 0.448. The highest BCUT2D eigenvalue weighted by molar-refractivity contribution is 5.65. The lowest BCUT2D eigenvalue weighted by Crippen LogP contribution is -2.33. The van der Waals surface area contributed by atoms with Crippen molar-refractivity contribution in [3.8, 4) is 0 Å². The zero-order valence-corrected chi connectivity index (χ0v) is 11.6. The van der Waals surface area contributed by atoms with Crippen LogP contribution in [0.15, 0.2) is 18.6 Å². The van der Waals surface area contributed by atoms with E-state index in [9.17, 15) is 5.11 Å². The molecule has 0 aliphatic rings. The molecule has 3 N–H and O–H groups in total. The molecule has 6 nitrogen and oxygen atoms in total. The topological polar surface area (TPSA) is 74.5 Å². The van der Waals surface area contributed by atoms with Gasteiger partial charge in [-0.05, 0) is 13.3 Å². The quantitative estimate of drug-likeness (QED) is 0.740. The van der Waals surface area contributed by atoms with Crippen LogP contribution >= 0.6 is 0 Å². The standard InChI is InChI=1S/C13H21N5O/c1-4-5-13(2,19)9-16-11-12-15-6-7-18(12)8-10(14-3)17-11/h6-8,14,19H,4-5,9H2,1-3H3,(H,16,17). The van der Waals surface area contributed by atoms with E-state index in [0.29, 0.717) is 12.4 Å². The summed E-state index contributed by atoms with van der Waals surface area (Å²) in [5.41, 5.74) is 0.0154. The van der Waals surface area contributed by atoms with Crippen molar-refractivity contribution in [2.45, 2.75) is 32.3 Å². The van der Waals surface area contributed by atoms with Crippen LogP contribution in [0.2, 0.25) is 0 Å². The summed E-state index contributed by atoms with van der Waals surface area (Å²) in [5.74, 6) is 1.43. The first kappa shape index (κ1) is 13.6. The van der Waals surface area contributed by atoms with E-state index in [0.717, 1.165) is 24.3 Å². The zero-order valence-electron chi connectivity index (χ0n) is 11.6. The first-order chi connectivity index (χ1) is 9.05. The number of anilines is 2. The lowest BCUT2D eigenvalue weighted by atomic mass is 10.0. The fourth-order valence-electron chi connectivity index (χ4n) is 2.07. The summed E-state index contributed by atoms with van der Waals surface area (Å²) >= 11 is 0. The minimum Gasteiger partial charge on any atom is -0.388 e. The third-order valence-electron chi connectivity index (χ3n) is 3.06. The van der Waals surface area contributed by atoms with E-state index in [4.69, 9.17) is 0 Å². The van der Waals surface area contributed by atoms with Gasteiger partial charge in [0.1, 0.15) is 5.82 Å². The number of rotatable bonds is 6. The molecule has 0 aliphatic heterocycles. The summed E-state index contributed by atoms with van der Waals surface area (Å²) in [5, 5.41) is 16.4. The Morgan fingerprint density at radius 2 is 2.26 bits per heavy atom. The van der Waals surface area contributed by atoms with E-state index in [1.165, 1.54) is 0 Å². The summed E-state index contributed by atoms with van der Waals surface area (Å²) in [7, 11) is 1.82. The second-order valence-corrected chi connectivity index (χ2v) is 4.98. The maximum Gasteiger partial charge on any atom is 0.180 e. The number of imidazole rings is 1. The van der Waals surface area contributed by atoms with Gasteiger partial charge in [-0.15, -0.1) is 0 Å². The van der Waals surface area contributed by atoms with Gasteiger partial charge >= 0.3 is 0 Å². The lowest BCUT2D eigenvalue weighted by Gasteiger charge is -2.23. The summed E-state index contributed by atoms with van der Waals surface area (Å²) in [6.07, 6.45) is 7.16. The summed E-state index contributed by atoms with van der Waals surface area (Å²) < 4.78 is 1.90. The highest BCUT2D eigenvalue weighted by Crippen LogP contribution is 2.18. The molecule has 2 aromatic heterocycles. The van der Waals surface area contributed by atoms with E-state index in [1.807, 2.05) is 30.8 Å². The Hall–Kier alpha value is -1.82. The number of fused-ring (bicyclic) bond motifs is 1. The van der Waals surface area contributed by atoms with Crippen LogP contribution in [-0.2, 0) is 0 Å². The van der Waals surface area contributed by atoms with Crippen LogP contribution in [0, 0.1) is 0 Å².